The predicted octanol–water partition coefficient (Wildman–Crippen LogP) is 1.28. The number of imide groups is 1. The first-order valence-corrected chi connectivity index (χ1v) is 8.72. The second kappa shape index (κ2) is 6.13. The van der Waals surface area contributed by atoms with Crippen molar-refractivity contribution >= 4 is 11.8 Å². The molecule has 2 aliphatic carbocycles. The van der Waals surface area contributed by atoms with Gasteiger partial charge in [-0.2, -0.15) is 0 Å². The Labute approximate surface area is 140 Å². The quantitative estimate of drug-likeness (QED) is 0.653. The Morgan fingerprint density at radius 3 is 2.12 bits per heavy atom. The highest BCUT2D eigenvalue weighted by molar-refractivity contribution is 6.05. The third-order valence-electron chi connectivity index (χ3n) is 5.46. The van der Waals surface area contributed by atoms with E-state index in [0.717, 1.165) is 24.9 Å². The molecule has 1 N–H and O–H groups in total. The lowest BCUT2D eigenvalue weighted by Crippen LogP contribution is -3.13. The normalized spacial score (nSPS) is 27.5. The topological polar surface area (TPSA) is 41.8 Å². The lowest BCUT2D eigenvalue weighted by atomic mass is 9.85. The van der Waals surface area contributed by atoms with Crippen molar-refractivity contribution in [2.45, 2.75) is 38.3 Å². The van der Waals surface area contributed by atoms with Crippen LogP contribution in [0.5, 0.6) is 0 Å². The summed E-state index contributed by atoms with van der Waals surface area (Å²) in [6, 6.07) is 7.00. The van der Waals surface area contributed by atoms with Gasteiger partial charge in [0.15, 0.2) is 6.67 Å². The summed E-state index contributed by atoms with van der Waals surface area (Å²) in [5, 5.41) is 0. The summed E-state index contributed by atoms with van der Waals surface area (Å²) >= 11 is 0. The van der Waals surface area contributed by atoms with Gasteiger partial charge in [-0.1, -0.05) is 24.3 Å². The van der Waals surface area contributed by atoms with E-state index >= 15 is 0 Å². The van der Waals surface area contributed by atoms with E-state index in [9.17, 15) is 14.0 Å². The molecule has 1 unspecified atom stereocenters. The van der Waals surface area contributed by atoms with Gasteiger partial charge in [-0.25, -0.2) is 9.29 Å². The molecule has 0 spiro atoms. The number of nitrogens with one attached hydrogen (secondary N) is 1. The third kappa shape index (κ3) is 2.88. The molecule has 4 rings (SSSR count). The number of likely N-dealkylation sites (tertiary alicyclic amines) is 1. The molecule has 3 atom stereocenters. The molecule has 5 heteroatoms. The van der Waals surface area contributed by atoms with Crippen LogP contribution >= 0.6 is 0 Å². The van der Waals surface area contributed by atoms with Crippen LogP contribution in [0.15, 0.2) is 36.4 Å². The average Bonchev–Trinajstić information content (AvgIpc) is 3.41. The third-order valence-corrected chi connectivity index (χ3v) is 5.46. The maximum atomic E-state index is 13.1. The standard InChI is InChI=1S/C19H21FN2O2/c20-14-7-5-13(6-8-14)11-21(15-9-10-15)12-22-18(23)16-3-1-2-4-17(16)19(22)24/h1-2,5-8,15-17H,3-4,9-12H2/p+1/t16-,17+. The van der Waals surface area contributed by atoms with Gasteiger partial charge in [-0.3, -0.25) is 9.59 Å². The molecule has 1 aromatic rings. The van der Waals surface area contributed by atoms with Crippen LogP contribution in [0.1, 0.15) is 31.2 Å². The number of allylic oxidation sites excluding steroid dienone is 2. The molecular formula is C19H22FN2O2+. The second-order valence-electron chi connectivity index (χ2n) is 7.15. The van der Waals surface area contributed by atoms with Crippen molar-refractivity contribution in [2.75, 3.05) is 6.67 Å². The molecule has 1 heterocycles. The Bertz CT molecular complexity index is 655. The maximum absolute atomic E-state index is 13.1. The summed E-state index contributed by atoms with van der Waals surface area (Å²) in [5.41, 5.74) is 1.04. The molecular weight excluding hydrogens is 307 g/mol. The van der Waals surface area contributed by atoms with E-state index in [1.165, 1.54) is 21.9 Å². The number of nitrogens with zero attached hydrogens (tertiary/aromatic N) is 1. The van der Waals surface area contributed by atoms with Crippen LogP contribution in [0.25, 0.3) is 0 Å². The zero-order valence-corrected chi connectivity index (χ0v) is 13.6. The number of fused-ring (bicyclic) bond motifs is 1. The minimum atomic E-state index is -0.242. The van der Waals surface area contributed by atoms with Crippen molar-refractivity contribution in [1.29, 1.82) is 0 Å². The summed E-state index contributed by atoms with van der Waals surface area (Å²) in [6.07, 6.45) is 7.65. The van der Waals surface area contributed by atoms with Gasteiger partial charge < -0.3 is 4.90 Å². The van der Waals surface area contributed by atoms with Crippen LogP contribution in [0, 0.1) is 17.7 Å². The largest absolute Gasteiger partial charge is 0.311 e. The van der Waals surface area contributed by atoms with Crippen LogP contribution in [0.4, 0.5) is 4.39 Å². The fourth-order valence-electron chi connectivity index (χ4n) is 3.91. The van der Waals surface area contributed by atoms with E-state index in [-0.39, 0.29) is 29.5 Å². The predicted molar refractivity (Wildman–Crippen MR) is 86.2 cm³/mol. The Kier molecular flexibility index (Phi) is 3.96. The second-order valence-corrected chi connectivity index (χ2v) is 7.15. The Morgan fingerprint density at radius 2 is 1.58 bits per heavy atom. The molecule has 2 amide bonds. The SMILES string of the molecule is O=C1[C@H]2CC=CC[C@H]2C(=O)N1C[NH+](Cc1ccc(F)cc1)C1CC1. The highest BCUT2D eigenvalue weighted by Gasteiger charge is 2.49. The van der Waals surface area contributed by atoms with Gasteiger partial charge in [0.25, 0.3) is 0 Å². The average molecular weight is 329 g/mol. The molecule has 2 fully saturated rings. The van der Waals surface area contributed by atoms with Gasteiger partial charge in [0.1, 0.15) is 12.4 Å². The smallest absolute Gasteiger partial charge is 0.237 e. The number of hydrogen-bond acceptors (Lipinski definition) is 2. The van der Waals surface area contributed by atoms with Crippen molar-refractivity contribution < 1.29 is 18.9 Å². The van der Waals surface area contributed by atoms with Crippen molar-refractivity contribution in [1.82, 2.24) is 4.90 Å². The van der Waals surface area contributed by atoms with Gasteiger partial charge in [0.2, 0.25) is 11.8 Å². The molecule has 1 aromatic carbocycles. The van der Waals surface area contributed by atoms with E-state index in [4.69, 9.17) is 0 Å². The first kappa shape index (κ1) is 15.5. The van der Waals surface area contributed by atoms with Gasteiger partial charge >= 0.3 is 0 Å². The molecule has 0 bridgehead atoms. The molecule has 3 aliphatic rings. The van der Waals surface area contributed by atoms with Crippen LogP contribution in [-0.2, 0) is 16.1 Å². The lowest BCUT2D eigenvalue weighted by Gasteiger charge is -2.24. The van der Waals surface area contributed by atoms with Gasteiger partial charge in [-0.15, -0.1) is 0 Å². The number of hydrogen-bond donors (Lipinski definition) is 1. The van der Waals surface area contributed by atoms with E-state index in [1.807, 2.05) is 12.2 Å². The van der Waals surface area contributed by atoms with Crippen molar-refractivity contribution in [3.63, 3.8) is 0 Å². The molecule has 1 saturated heterocycles. The first-order valence-electron chi connectivity index (χ1n) is 8.72. The lowest BCUT2D eigenvalue weighted by molar-refractivity contribution is -0.932. The van der Waals surface area contributed by atoms with Crippen LogP contribution in [0.2, 0.25) is 0 Å². The highest BCUT2D eigenvalue weighted by Crippen LogP contribution is 2.34. The number of quaternary nitrogens is 1. The molecule has 24 heavy (non-hydrogen) atoms. The van der Waals surface area contributed by atoms with Gasteiger partial charge in [-0.05, 0) is 25.0 Å². The molecule has 0 radical (unpaired) electrons. The summed E-state index contributed by atoms with van der Waals surface area (Å²) < 4.78 is 13.1. The number of carbonyl (C=O) groups excluding carboxylic acids is 2. The Balaban J connectivity index is 1.48. The highest BCUT2D eigenvalue weighted by atomic mass is 19.1. The number of rotatable bonds is 5. The number of halogens is 1. The molecule has 1 aliphatic heterocycles. The minimum Gasteiger partial charge on any atom is -0.311 e. The summed E-state index contributed by atoms with van der Waals surface area (Å²) in [7, 11) is 0. The number of carbonyl (C=O) groups is 2. The number of amides is 2. The number of benzene rings is 1. The van der Waals surface area contributed by atoms with Crippen LogP contribution in [0.3, 0.4) is 0 Å². The zero-order valence-electron chi connectivity index (χ0n) is 13.6. The van der Waals surface area contributed by atoms with Crippen molar-refractivity contribution in [3.05, 3.63) is 47.8 Å². The van der Waals surface area contributed by atoms with E-state index in [0.29, 0.717) is 25.6 Å². The van der Waals surface area contributed by atoms with Crippen LogP contribution < -0.4 is 4.90 Å². The summed E-state index contributed by atoms with van der Waals surface area (Å²) in [5.74, 6) is -0.575. The van der Waals surface area contributed by atoms with Gasteiger partial charge in [0, 0.05) is 18.4 Å². The molecule has 1 saturated carbocycles. The van der Waals surface area contributed by atoms with Crippen molar-refractivity contribution in [3.8, 4) is 0 Å². The molecule has 126 valence electrons. The van der Waals surface area contributed by atoms with E-state index in [1.54, 1.807) is 12.1 Å². The minimum absolute atomic E-state index is 0.00777. The molecule has 4 nitrogen and oxygen atoms in total. The van der Waals surface area contributed by atoms with E-state index < -0.39 is 0 Å². The first-order chi connectivity index (χ1) is 11.6. The monoisotopic (exact) mass is 329 g/mol. The Morgan fingerprint density at radius 1 is 1.00 bits per heavy atom. The zero-order chi connectivity index (χ0) is 16.7. The Hall–Kier alpha value is -2.01. The summed E-state index contributed by atoms with van der Waals surface area (Å²) in [4.78, 5) is 28.0. The van der Waals surface area contributed by atoms with E-state index in [2.05, 4.69) is 0 Å². The maximum Gasteiger partial charge on any atom is 0.237 e. The fourth-order valence-corrected chi connectivity index (χ4v) is 3.91. The van der Waals surface area contributed by atoms with Crippen LogP contribution in [-0.4, -0.2) is 29.4 Å². The molecule has 0 aromatic heterocycles. The fraction of sp³-hybridized carbons (Fsp3) is 0.474. The van der Waals surface area contributed by atoms with Gasteiger partial charge in [0.05, 0.1) is 17.9 Å². The van der Waals surface area contributed by atoms with Crippen molar-refractivity contribution in [2.24, 2.45) is 11.8 Å². The summed E-state index contributed by atoms with van der Waals surface area (Å²) in [6.45, 7) is 1.16.